The van der Waals surface area contributed by atoms with Crippen LogP contribution >= 0.6 is 0 Å². The predicted octanol–water partition coefficient (Wildman–Crippen LogP) is 3.39. The van der Waals surface area contributed by atoms with Gasteiger partial charge in [-0.15, -0.1) is 5.10 Å². The van der Waals surface area contributed by atoms with Crippen molar-refractivity contribution < 1.29 is 0 Å². The molecule has 5 rings (SSSR count). The second kappa shape index (κ2) is 5.45. The van der Waals surface area contributed by atoms with Crippen LogP contribution in [0, 0.1) is 0 Å². The minimum absolute atomic E-state index is 0.617. The summed E-state index contributed by atoms with van der Waals surface area (Å²) in [6.07, 6.45) is 7.22. The van der Waals surface area contributed by atoms with Gasteiger partial charge in [0.1, 0.15) is 0 Å². The Balaban J connectivity index is 1.56. The predicted molar refractivity (Wildman–Crippen MR) is 96.8 cm³/mol. The fraction of sp³-hybridized carbons (Fsp3) is 0. The third-order valence-electron chi connectivity index (χ3n) is 3.95. The lowest BCUT2D eigenvalue weighted by atomic mass is 10.3. The highest BCUT2D eigenvalue weighted by Gasteiger charge is 2.05. The number of aromatic nitrogens is 6. The van der Waals surface area contributed by atoms with Gasteiger partial charge < -0.3 is 0 Å². The van der Waals surface area contributed by atoms with Crippen LogP contribution < -0.4 is 0 Å². The summed E-state index contributed by atoms with van der Waals surface area (Å²) in [6.45, 7) is 0. The summed E-state index contributed by atoms with van der Waals surface area (Å²) in [5, 5.41) is 4.55. The smallest absolute Gasteiger partial charge is 0.175 e. The van der Waals surface area contributed by atoms with Crippen LogP contribution in [0.15, 0.2) is 60.9 Å². The molecule has 0 amide bonds. The molecule has 0 aliphatic carbocycles. The molecule has 0 fully saturated rings. The second-order valence-corrected chi connectivity index (χ2v) is 5.60. The summed E-state index contributed by atoms with van der Waals surface area (Å²) in [6, 6.07) is 15.5. The molecule has 0 saturated heterocycles. The first kappa shape index (κ1) is 13.7. The molecule has 5 aromatic rings. The number of fused-ring (bicyclic) bond motifs is 4. The molecular weight excluding hydrogens is 312 g/mol. The van der Waals surface area contributed by atoms with Crippen LogP contribution in [-0.4, -0.2) is 29.5 Å². The van der Waals surface area contributed by atoms with Crippen molar-refractivity contribution in [2.45, 2.75) is 0 Å². The van der Waals surface area contributed by atoms with Crippen LogP contribution in [0.5, 0.6) is 0 Å². The van der Waals surface area contributed by atoms with Gasteiger partial charge in [0.15, 0.2) is 11.5 Å². The van der Waals surface area contributed by atoms with Crippen LogP contribution in [0.1, 0.15) is 11.5 Å². The lowest BCUT2D eigenvalue weighted by Gasteiger charge is -1.97. The summed E-state index contributed by atoms with van der Waals surface area (Å²) >= 11 is 0. The maximum Gasteiger partial charge on any atom is 0.175 e. The zero-order chi connectivity index (χ0) is 16.6. The van der Waals surface area contributed by atoms with E-state index >= 15 is 0 Å². The Morgan fingerprint density at radius 1 is 0.760 bits per heavy atom. The molecule has 6 heteroatoms. The Morgan fingerprint density at radius 3 is 2.64 bits per heavy atom. The normalized spacial score (nSPS) is 11.8. The van der Waals surface area contributed by atoms with Crippen LogP contribution in [-0.2, 0) is 0 Å². The van der Waals surface area contributed by atoms with Gasteiger partial charge in [0.05, 0.1) is 34.0 Å². The third-order valence-corrected chi connectivity index (χ3v) is 3.95. The van der Waals surface area contributed by atoms with Gasteiger partial charge in [-0.25, -0.2) is 14.5 Å². The van der Waals surface area contributed by atoms with E-state index in [0.29, 0.717) is 5.82 Å². The number of rotatable bonds is 2. The molecule has 0 bridgehead atoms. The maximum absolute atomic E-state index is 4.57. The van der Waals surface area contributed by atoms with E-state index in [9.17, 15) is 0 Å². The monoisotopic (exact) mass is 324 g/mol. The van der Waals surface area contributed by atoms with E-state index in [4.69, 9.17) is 0 Å². The average molecular weight is 324 g/mol. The second-order valence-electron chi connectivity index (χ2n) is 5.60. The zero-order valence-electron chi connectivity index (χ0n) is 13.1. The fourth-order valence-corrected chi connectivity index (χ4v) is 2.78. The summed E-state index contributed by atoms with van der Waals surface area (Å²) in [7, 11) is 0. The highest BCUT2D eigenvalue weighted by molar-refractivity contribution is 5.78. The van der Waals surface area contributed by atoms with Crippen LogP contribution in [0.4, 0.5) is 0 Å². The Bertz CT molecular complexity index is 1250. The number of benzene rings is 1. The van der Waals surface area contributed by atoms with Gasteiger partial charge >= 0.3 is 0 Å². The Hall–Kier alpha value is -3.67. The zero-order valence-corrected chi connectivity index (χ0v) is 13.1. The minimum atomic E-state index is 0.617. The Labute approximate surface area is 142 Å². The van der Waals surface area contributed by atoms with E-state index in [-0.39, 0.29) is 0 Å². The van der Waals surface area contributed by atoms with E-state index in [2.05, 4.69) is 25.0 Å². The van der Waals surface area contributed by atoms with E-state index in [1.165, 1.54) is 0 Å². The first-order valence-electron chi connectivity index (χ1n) is 7.87. The molecule has 0 spiro atoms. The SMILES string of the molecule is C(=Cc1nc2ccc3ncccc3n2n1)c1cnc2ccccc2n1. The van der Waals surface area contributed by atoms with Gasteiger partial charge in [0, 0.05) is 6.20 Å². The van der Waals surface area contributed by atoms with Crippen molar-refractivity contribution in [3.8, 4) is 0 Å². The number of para-hydroxylation sites is 2. The van der Waals surface area contributed by atoms with Gasteiger partial charge in [-0.3, -0.25) is 9.97 Å². The summed E-state index contributed by atoms with van der Waals surface area (Å²) in [4.78, 5) is 17.8. The highest BCUT2D eigenvalue weighted by atomic mass is 15.3. The lowest BCUT2D eigenvalue weighted by molar-refractivity contribution is 0.991. The van der Waals surface area contributed by atoms with Crippen molar-refractivity contribution in [1.82, 2.24) is 29.5 Å². The molecule has 0 aliphatic heterocycles. The van der Waals surface area contributed by atoms with E-state index in [0.717, 1.165) is 33.4 Å². The van der Waals surface area contributed by atoms with E-state index in [1.54, 1.807) is 16.9 Å². The van der Waals surface area contributed by atoms with Crippen LogP contribution in [0.2, 0.25) is 0 Å². The molecule has 1 aromatic carbocycles. The molecular formula is C19H12N6. The molecule has 6 nitrogen and oxygen atoms in total. The van der Waals surface area contributed by atoms with Gasteiger partial charge in [-0.1, -0.05) is 12.1 Å². The molecule has 0 unspecified atom stereocenters. The van der Waals surface area contributed by atoms with Crippen molar-refractivity contribution >= 4 is 39.9 Å². The molecule has 118 valence electrons. The van der Waals surface area contributed by atoms with Crippen molar-refractivity contribution in [2.24, 2.45) is 0 Å². The van der Waals surface area contributed by atoms with Gasteiger partial charge in [0.25, 0.3) is 0 Å². The Kier molecular flexibility index (Phi) is 3.00. The number of hydrogen-bond donors (Lipinski definition) is 0. The Morgan fingerprint density at radius 2 is 1.68 bits per heavy atom. The van der Waals surface area contributed by atoms with Gasteiger partial charge in [-0.05, 0) is 48.6 Å². The van der Waals surface area contributed by atoms with Gasteiger partial charge in [-0.2, -0.15) is 0 Å². The quantitative estimate of drug-likeness (QED) is 0.498. The van der Waals surface area contributed by atoms with Crippen molar-refractivity contribution in [3.63, 3.8) is 0 Å². The van der Waals surface area contributed by atoms with E-state index < -0.39 is 0 Å². The van der Waals surface area contributed by atoms with Crippen molar-refractivity contribution in [2.75, 3.05) is 0 Å². The molecule has 0 N–H and O–H groups in total. The molecule has 4 heterocycles. The molecule has 0 aliphatic rings. The van der Waals surface area contributed by atoms with E-state index in [1.807, 2.05) is 60.7 Å². The first-order valence-corrected chi connectivity index (χ1v) is 7.87. The largest absolute Gasteiger partial charge is 0.255 e. The molecule has 0 atom stereocenters. The third kappa shape index (κ3) is 2.40. The van der Waals surface area contributed by atoms with Crippen molar-refractivity contribution in [3.05, 3.63) is 72.4 Å². The fourth-order valence-electron chi connectivity index (χ4n) is 2.78. The number of pyridine rings is 2. The van der Waals surface area contributed by atoms with Crippen LogP contribution in [0.25, 0.3) is 39.9 Å². The standard InChI is InChI=1S/C19H12N6/c1-2-5-15-14(4-1)21-12-13(22-15)7-9-18-23-19-10-8-16-17(25(19)24-18)6-3-11-20-16/h1-12H. The summed E-state index contributed by atoms with van der Waals surface area (Å²) in [5.41, 5.74) is 5.11. The van der Waals surface area contributed by atoms with Crippen LogP contribution in [0.3, 0.4) is 0 Å². The van der Waals surface area contributed by atoms with Gasteiger partial charge in [0.2, 0.25) is 0 Å². The minimum Gasteiger partial charge on any atom is -0.255 e. The molecule has 4 aromatic heterocycles. The highest BCUT2D eigenvalue weighted by Crippen LogP contribution is 2.15. The maximum atomic E-state index is 4.57. The topological polar surface area (TPSA) is 68.9 Å². The first-order chi connectivity index (χ1) is 12.4. The molecule has 25 heavy (non-hydrogen) atoms. The summed E-state index contributed by atoms with van der Waals surface area (Å²) in [5.74, 6) is 0.617. The summed E-state index contributed by atoms with van der Waals surface area (Å²) < 4.78 is 1.80. The molecule has 0 saturated carbocycles. The molecule has 0 radical (unpaired) electrons. The number of hydrogen-bond acceptors (Lipinski definition) is 5. The van der Waals surface area contributed by atoms with Crippen molar-refractivity contribution in [1.29, 1.82) is 0 Å². The number of nitrogens with zero attached hydrogens (tertiary/aromatic N) is 6. The lowest BCUT2D eigenvalue weighted by Crippen LogP contribution is -1.91. The average Bonchev–Trinajstić information content (AvgIpc) is 3.10.